The molecule has 0 aliphatic heterocycles. The van der Waals surface area contributed by atoms with Crippen LogP contribution >= 0.6 is 0 Å². The van der Waals surface area contributed by atoms with Crippen molar-refractivity contribution in [2.45, 2.75) is 26.1 Å². The van der Waals surface area contributed by atoms with E-state index in [4.69, 9.17) is 0 Å². The first kappa shape index (κ1) is 11.7. The third-order valence-electron chi connectivity index (χ3n) is 2.16. The van der Waals surface area contributed by atoms with Crippen molar-refractivity contribution in [3.05, 3.63) is 24.0 Å². The second kappa shape index (κ2) is 3.90. The van der Waals surface area contributed by atoms with Crippen LogP contribution in [0, 0.1) is 0 Å². The van der Waals surface area contributed by atoms with Crippen LogP contribution in [0.2, 0.25) is 0 Å². The molecule has 0 saturated heterocycles. The van der Waals surface area contributed by atoms with E-state index in [1.807, 2.05) is 13.8 Å². The molecule has 0 amide bonds. The Morgan fingerprint density at radius 3 is 2.59 bits per heavy atom. The summed E-state index contributed by atoms with van der Waals surface area (Å²) in [5.41, 5.74) is 0.983. The van der Waals surface area contributed by atoms with Gasteiger partial charge in [0.05, 0.1) is 11.9 Å². The van der Waals surface area contributed by atoms with Crippen LogP contribution in [0.3, 0.4) is 0 Å². The summed E-state index contributed by atoms with van der Waals surface area (Å²) in [6.45, 7) is 3.80. The Hall–Kier alpha value is -1.79. The van der Waals surface area contributed by atoms with Gasteiger partial charge in [0.1, 0.15) is 0 Å². The zero-order chi connectivity index (χ0) is 12.6. The molecule has 0 unspecified atom stereocenters. The molecule has 2 aromatic rings. The van der Waals surface area contributed by atoms with Crippen molar-refractivity contribution in [2.75, 3.05) is 0 Å². The summed E-state index contributed by atoms with van der Waals surface area (Å²) >= 11 is 0. The summed E-state index contributed by atoms with van der Waals surface area (Å²) in [4.78, 5) is 3.78. The maximum Gasteiger partial charge on any atom is 0.574 e. The van der Waals surface area contributed by atoms with Crippen LogP contribution in [0.1, 0.15) is 25.5 Å². The van der Waals surface area contributed by atoms with Gasteiger partial charge in [-0.05, 0) is 18.1 Å². The summed E-state index contributed by atoms with van der Waals surface area (Å²) in [7, 11) is 0. The van der Waals surface area contributed by atoms with E-state index in [1.165, 1.54) is 0 Å². The molecule has 0 radical (unpaired) electrons. The molecule has 2 heterocycles. The molecule has 0 fully saturated rings. The van der Waals surface area contributed by atoms with Gasteiger partial charge in [0.2, 0.25) is 5.88 Å². The average molecular weight is 245 g/mol. The smallest absolute Gasteiger partial charge is 0.386 e. The van der Waals surface area contributed by atoms with Gasteiger partial charge in [-0.3, -0.25) is 0 Å². The van der Waals surface area contributed by atoms with Gasteiger partial charge in [-0.2, -0.15) is 9.61 Å². The van der Waals surface area contributed by atoms with E-state index < -0.39 is 12.2 Å². The second-order valence-corrected chi connectivity index (χ2v) is 3.83. The van der Waals surface area contributed by atoms with Crippen molar-refractivity contribution in [3.63, 3.8) is 0 Å². The van der Waals surface area contributed by atoms with Crippen LogP contribution in [-0.2, 0) is 0 Å². The number of halogens is 3. The highest BCUT2D eigenvalue weighted by molar-refractivity contribution is 5.41. The number of rotatable bonds is 2. The lowest BCUT2D eigenvalue weighted by molar-refractivity contribution is -0.276. The molecule has 0 saturated carbocycles. The fraction of sp³-hybridized carbons (Fsp3) is 0.400. The molecule has 2 aromatic heterocycles. The SMILES string of the molecule is CC(C)c1ccc2ncc(OC(F)(F)F)n2n1. The zero-order valence-corrected chi connectivity index (χ0v) is 9.19. The molecule has 0 atom stereocenters. The Morgan fingerprint density at radius 1 is 1.29 bits per heavy atom. The van der Waals surface area contributed by atoms with E-state index in [9.17, 15) is 13.2 Å². The van der Waals surface area contributed by atoms with Crippen LogP contribution in [0.25, 0.3) is 5.65 Å². The molecule has 17 heavy (non-hydrogen) atoms. The van der Waals surface area contributed by atoms with Gasteiger partial charge >= 0.3 is 6.36 Å². The molecule has 0 aliphatic rings. The molecule has 0 N–H and O–H groups in total. The number of imidazole rings is 1. The highest BCUT2D eigenvalue weighted by Crippen LogP contribution is 2.23. The number of ether oxygens (including phenoxy) is 1. The zero-order valence-electron chi connectivity index (χ0n) is 9.19. The third-order valence-corrected chi connectivity index (χ3v) is 2.16. The first-order valence-corrected chi connectivity index (χ1v) is 4.97. The standard InChI is InChI=1S/C10H10F3N3O/c1-6(2)7-3-4-8-14-5-9(16(8)15-7)17-10(11,12)13/h3-6H,1-2H3. The van der Waals surface area contributed by atoms with Crippen LogP contribution in [0.15, 0.2) is 18.3 Å². The fourth-order valence-corrected chi connectivity index (χ4v) is 1.36. The predicted molar refractivity (Wildman–Crippen MR) is 53.8 cm³/mol. The lowest BCUT2D eigenvalue weighted by Crippen LogP contribution is -2.18. The largest absolute Gasteiger partial charge is 0.574 e. The Kier molecular flexibility index (Phi) is 2.68. The number of aromatic nitrogens is 3. The fourth-order valence-electron chi connectivity index (χ4n) is 1.36. The number of fused-ring (bicyclic) bond motifs is 1. The van der Waals surface area contributed by atoms with Crippen molar-refractivity contribution in [3.8, 4) is 5.88 Å². The maximum absolute atomic E-state index is 12.1. The minimum atomic E-state index is -4.74. The summed E-state index contributed by atoms with van der Waals surface area (Å²) in [5, 5.41) is 4.05. The number of hydrogen-bond acceptors (Lipinski definition) is 3. The van der Waals surface area contributed by atoms with Crippen molar-refractivity contribution < 1.29 is 17.9 Å². The molecular weight excluding hydrogens is 235 g/mol. The number of alkyl halides is 3. The lowest BCUT2D eigenvalue weighted by atomic mass is 10.1. The van der Waals surface area contributed by atoms with Crippen LogP contribution in [0.5, 0.6) is 5.88 Å². The topological polar surface area (TPSA) is 39.4 Å². The van der Waals surface area contributed by atoms with E-state index >= 15 is 0 Å². The van der Waals surface area contributed by atoms with Crippen molar-refractivity contribution >= 4 is 5.65 Å². The Balaban J connectivity index is 2.47. The maximum atomic E-state index is 12.1. The normalized spacial score (nSPS) is 12.4. The Labute approximate surface area is 95.0 Å². The molecule has 2 rings (SSSR count). The van der Waals surface area contributed by atoms with Crippen molar-refractivity contribution in [1.29, 1.82) is 0 Å². The molecular formula is C10H10F3N3O. The quantitative estimate of drug-likeness (QED) is 0.816. The van der Waals surface area contributed by atoms with Gasteiger partial charge in [-0.25, -0.2) is 4.98 Å². The van der Waals surface area contributed by atoms with E-state index in [-0.39, 0.29) is 5.92 Å². The summed E-state index contributed by atoms with van der Waals surface area (Å²) in [6, 6.07) is 3.33. The van der Waals surface area contributed by atoms with E-state index in [2.05, 4.69) is 14.8 Å². The van der Waals surface area contributed by atoms with Crippen molar-refractivity contribution in [1.82, 2.24) is 14.6 Å². The van der Waals surface area contributed by atoms with Gasteiger partial charge < -0.3 is 4.74 Å². The van der Waals surface area contributed by atoms with Crippen LogP contribution < -0.4 is 4.74 Å². The Bertz CT molecular complexity index is 533. The molecule has 0 aromatic carbocycles. The lowest BCUT2D eigenvalue weighted by Gasteiger charge is -2.08. The number of hydrogen-bond donors (Lipinski definition) is 0. The van der Waals surface area contributed by atoms with Crippen molar-refractivity contribution in [2.24, 2.45) is 0 Å². The van der Waals surface area contributed by atoms with Gasteiger partial charge in [0.15, 0.2) is 5.65 Å². The van der Waals surface area contributed by atoms with E-state index in [0.717, 1.165) is 10.7 Å². The molecule has 0 spiro atoms. The van der Waals surface area contributed by atoms with Crippen LogP contribution in [0.4, 0.5) is 13.2 Å². The average Bonchev–Trinajstić information content (AvgIpc) is 2.58. The molecule has 0 aliphatic carbocycles. The highest BCUT2D eigenvalue weighted by atomic mass is 19.4. The monoisotopic (exact) mass is 245 g/mol. The van der Waals surface area contributed by atoms with Gasteiger partial charge in [-0.1, -0.05) is 13.8 Å². The Morgan fingerprint density at radius 2 is 2.00 bits per heavy atom. The van der Waals surface area contributed by atoms with Gasteiger partial charge in [-0.15, -0.1) is 13.2 Å². The van der Waals surface area contributed by atoms with Gasteiger partial charge in [0, 0.05) is 0 Å². The summed E-state index contributed by atoms with van der Waals surface area (Å²) in [5.74, 6) is -0.324. The minimum absolute atomic E-state index is 0.112. The molecule has 4 nitrogen and oxygen atoms in total. The van der Waals surface area contributed by atoms with E-state index in [1.54, 1.807) is 12.1 Å². The molecule has 0 bridgehead atoms. The van der Waals surface area contributed by atoms with E-state index in [0.29, 0.717) is 11.3 Å². The highest BCUT2D eigenvalue weighted by Gasteiger charge is 2.32. The molecule has 7 heteroatoms. The summed E-state index contributed by atoms with van der Waals surface area (Å²) < 4.78 is 41.2. The van der Waals surface area contributed by atoms with Gasteiger partial charge in [0.25, 0.3) is 0 Å². The number of nitrogens with zero attached hydrogens (tertiary/aromatic N) is 3. The third kappa shape index (κ3) is 2.48. The second-order valence-electron chi connectivity index (χ2n) is 3.83. The predicted octanol–water partition coefficient (Wildman–Crippen LogP) is 2.75. The summed E-state index contributed by atoms with van der Waals surface area (Å²) in [6.07, 6.45) is -3.74. The minimum Gasteiger partial charge on any atom is -0.386 e. The first-order valence-electron chi connectivity index (χ1n) is 4.97. The molecule has 92 valence electrons. The van der Waals surface area contributed by atoms with Crippen LogP contribution in [-0.4, -0.2) is 21.0 Å². The first-order chi connectivity index (χ1) is 7.87.